The lowest BCUT2D eigenvalue weighted by atomic mass is 9.62. The largest absolute Gasteiger partial charge is 0.492 e. The van der Waals surface area contributed by atoms with Crippen molar-refractivity contribution in [2.75, 3.05) is 6.61 Å². The summed E-state index contributed by atoms with van der Waals surface area (Å²) in [5.41, 5.74) is 0.609. The zero-order chi connectivity index (χ0) is 24.8. The number of carbonyl (C=O) groups is 2. The van der Waals surface area contributed by atoms with Crippen LogP contribution in [0.1, 0.15) is 54.2 Å². The maximum absolute atomic E-state index is 14.5. The van der Waals surface area contributed by atoms with Gasteiger partial charge >= 0.3 is 5.97 Å². The van der Waals surface area contributed by atoms with Crippen molar-refractivity contribution < 1.29 is 19.1 Å². The Morgan fingerprint density at radius 2 is 1.69 bits per heavy atom. The van der Waals surface area contributed by atoms with Gasteiger partial charge in [0.15, 0.2) is 5.78 Å². The molecule has 2 aliphatic heterocycles. The van der Waals surface area contributed by atoms with Crippen molar-refractivity contribution in [2.24, 2.45) is 5.41 Å². The highest BCUT2D eigenvalue weighted by atomic mass is 79.9. The molecule has 0 aromatic heterocycles. The van der Waals surface area contributed by atoms with E-state index < -0.39 is 29.0 Å². The summed E-state index contributed by atoms with van der Waals surface area (Å²) in [5.74, 6) is -0.335. The van der Waals surface area contributed by atoms with E-state index in [0.29, 0.717) is 11.3 Å². The fourth-order valence-corrected chi connectivity index (χ4v) is 5.86. The number of nitrogens with one attached hydrogen (secondary N) is 1. The Morgan fingerprint density at radius 1 is 1.00 bits per heavy atom. The molecule has 3 aromatic carbocycles. The van der Waals surface area contributed by atoms with Crippen LogP contribution in [0.5, 0.6) is 5.75 Å². The first kappa shape index (κ1) is 23.8. The van der Waals surface area contributed by atoms with Crippen LogP contribution in [-0.2, 0) is 9.53 Å². The van der Waals surface area contributed by atoms with Crippen molar-refractivity contribution in [3.05, 3.63) is 100 Å². The molecule has 5 nitrogen and oxygen atoms in total. The molecule has 0 saturated carbocycles. The summed E-state index contributed by atoms with van der Waals surface area (Å²) < 4.78 is 13.0. The Labute approximate surface area is 214 Å². The number of carbonyl (C=O) groups excluding carboxylic acids is 2. The number of halogens is 1. The van der Waals surface area contributed by atoms with Crippen LogP contribution in [0.15, 0.2) is 83.3 Å². The highest BCUT2D eigenvalue weighted by Gasteiger charge is 2.64. The number of rotatable bonds is 3. The molecule has 1 spiro atoms. The number of Topliss-reactive ketones (excluding diaryl/α,β-unsaturated/α-hetero) is 1. The van der Waals surface area contributed by atoms with Gasteiger partial charge in [0.2, 0.25) is 0 Å². The van der Waals surface area contributed by atoms with Crippen LogP contribution in [0.4, 0.5) is 0 Å². The van der Waals surface area contributed by atoms with E-state index in [-0.39, 0.29) is 18.4 Å². The number of para-hydroxylation sites is 1. The molecule has 1 N–H and O–H groups in total. The summed E-state index contributed by atoms with van der Waals surface area (Å²) in [4.78, 5) is 28.1. The number of ketones is 1. The molecule has 0 amide bonds. The van der Waals surface area contributed by atoms with E-state index in [1.807, 2.05) is 93.6 Å². The van der Waals surface area contributed by atoms with E-state index in [9.17, 15) is 9.59 Å². The molecule has 2 aliphatic rings. The van der Waals surface area contributed by atoms with E-state index >= 15 is 0 Å². The highest BCUT2D eigenvalue weighted by Crippen LogP contribution is 2.57. The molecular weight excluding hydrogens is 506 g/mol. The number of esters is 1. The zero-order valence-electron chi connectivity index (χ0n) is 20.0. The zero-order valence-corrected chi connectivity index (χ0v) is 21.5. The van der Waals surface area contributed by atoms with Crippen LogP contribution < -0.4 is 10.1 Å². The number of benzene rings is 3. The van der Waals surface area contributed by atoms with Gasteiger partial charge < -0.3 is 9.47 Å². The van der Waals surface area contributed by atoms with Crippen molar-refractivity contribution in [1.82, 2.24) is 5.32 Å². The maximum atomic E-state index is 14.5. The maximum Gasteiger partial charge on any atom is 0.324 e. The van der Waals surface area contributed by atoms with Gasteiger partial charge in [-0.25, -0.2) is 0 Å². The van der Waals surface area contributed by atoms with Gasteiger partial charge in [-0.1, -0.05) is 70.5 Å². The van der Waals surface area contributed by atoms with Gasteiger partial charge in [-0.3, -0.25) is 14.9 Å². The Hall–Kier alpha value is -2.96. The standard InChI is InChI=1S/C29H28BrNO4/c1-28(2,3)35-27(33)24-23(18-10-5-4-6-11-18)29(25(31-24)19-12-9-13-20(30)16-19)17-34-22-15-8-7-14-21(22)26(29)32/h4-16,23-25,31H,17H2,1-3H3/t23-,24+,25+,29+/m1/s1. The Bertz CT molecular complexity index is 1270. The normalized spacial score (nSPS) is 25.7. The number of fused-ring (bicyclic) bond motifs is 1. The van der Waals surface area contributed by atoms with Crippen LogP contribution in [0.2, 0.25) is 0 Å². The molecule has 1 fully saturated rings. The predicted octanol–water partition coefficient (Wildman–Crippen LogP) is 5.85. The van der Waals surface area contributed by atoms with E-state index in [2.05, 4.69) is 21.2 Å². The summed E-state index contributed by atoms with van der Waals surface area (Å²) in [7, 11) is 0. The lowest BCUT2D eigenvalue weighted by molar-refractivity contribution is -0.157. The molecule has 3 aromatic rings. The summed E-state index contributed by atoms with van der Waals surface area (Å²) >= 11 is 3.57. The molecule has 180 valence electrons. The molecular formula is C29H28BrNO4. The van der Waals surface area contributed by atoms with Gasteiger partial charge in [-0.15, -0.1) is 0 Å². The Kier molecular flexibility index (Phi) is 6.06. The summed E-state index contributed by atoms with van der Waals surface area (Å²) in [6, 6.07) is 23.7. The third kappa shape index (κ3) is 4.19. The van der Waals surface area contributed by atoms with Gasteiger partial charge in [0.05, 0.1) is 11.0 Å². The minimum atomic E-state index is -1.06. The fourth-order valence-electron chi connectivity index (χ4n) is 5.44. The molecule has 0 radical (unpaired) electrons. The van der Waals surface area contributed by atoms with Crippen LogP contribution in [0.3, 0.4) is 0 Å². The molecule has 4 atom stereocenters. The first-order chi connectivity index (χ1) is 16.7. The van der Waals surface area contributed by atoms with Gasteiger partial charge in [0.1, 0.15) is 24.0 Å². The van der Waals surface area contributed by atoms with Gasteiger partial charge in [0, 0.05) is 16.4 Å². The van der Waals surface area contributed by atoms with E-state index in [1.54, 1.807) is 6.07 Å². The molecule has 0 aliphatic carbocycles. The average molecular weight is 534 g/mol. The second kappa shape index (κ2) is 8.92. The smallest absolute Gasteiger partial charge is 0.324 e. The van der Waals surface area contributed by atoms with Crippen molar-refractivity contribution in [2.45, 2.75) is 44.4 Å². The van der Waals surface area contributed by atoms with Gasteiger partial charge in [0.25, 0.3) is 0 Å². The number of hydrogen-bond donors (Lipinski definition) is 1. The molecule has 0 unspecified atom stereocenters. The average Bonchev–Trinajstić information content (AvgIpc) is 3.17. The monoisotopic (exact) mass is 533 g/mol. The van der Waals surface area contributed by atoms with Crippen LogP contribution in [0, 0.1) is 5.41 Å². The van der Waals surface area contributed by atoms with Crippen LogP contribution in [0.25, 0.3) is 0 Å². The van der Waals surface area contributed by atoms with Crippen molar-refractivity contribution in [1.29, 1.82) is 0 Å². The third-order valence-electron chi connectivity index (χ3n) is 6.77. The lowest BCUT2D eigenvalue weighted by Gasteiger charge is -2.42. The SMILES string of the molecule is CC(C)(C)OC(=O)[C@H]1N[C@@H](c2cccc(Br)c2)[C@]2(COc3ccccc3C2=O)[C@@H]1c1ccccc1. The quantitative estimate of drug-likeness (QED) is 0.428. The molecule has 1 saturated heterocycles. The lowest BCUT2D eigenvalue weighted by Crippen LogP contribution is -2.48. The minimum Gasteiger partial charge on any atom is -0.492 e. The summed E-state index contributed by atoms with van der Waals surface area (Å²) in [6.45, 7) is 5.70. The van der Waals surface area contributed by atoms with Gasteiger partial charge in [-0.2, -0.15) is 0 Å². The van der Waals surface area contributed by atoms with Crippen molar-refractivity contribution in [3.63, 3.8) is 0 Å². The van der Waals surface area contributed by atoms with Crippen LogP contribution >= 0.6 is 15.9 Å². The van der Waals surface area contributed by atoms with Crippen molar-refractivity contribution in [3.8, 4) is 5.75 Å². The topological polar surface area (TPSA) is 64.6 Å². The molecule has 2 heterocycles. The second-order valence-electron chi connectivity index (χ2n) is 10.2. The Morgan fingerprint density at radius 3 is 2.40 bits per heavy atom. The third-order valence-corrected chi connectivity index (χ3v) is 7.27. The van der Waals surface area contributed by atoms with E-state index in [0.717, 1.165) is 15.6 Å². The summed E-state index contributed by atoms with van der Waals surface area (Å²) in [5, 5.41) is 3.53. The number of hydrogen-bond acceptors (Lipinski definition) is 5. The molecule has 5 rings (SSSR count). The molecule has 35 heavy (non-hydrogen) atoms. The minimum absolute atomic E-state index is 0.0308. The Balaban J connectivity index is 1.73. The van der Waals surface area contributed by atoms with Crippen LogP contribution in [-0.4, -0.2) is 30.0 Å². The number of ether oxygens (including phenoxy) is 2. The van der Waals surface area contributed by atoms with Crippen molar-refractivity contribution >= 4 is 27.7 Å². The molecule has 6 heteroatoms. The van der Waals surface area contributed by atoms with E-state index in [1.165, 1.54) is 0 Å². The summed E-state index contributed by atoms with van der Waals surface area (Å²) in [6.07, 6.45) is 0. The second-order valence-corrected chi connectivity index (χ2v) is 11.1. The fraction of sp³-hybridized carbons (Fsp3) is 0.310. The molecule has 0 bridgehead atoms. The first-order valence-corrected chi connectivity index (χ1v) is 12.6. The highest BCUT2D eigenvalue weighted by molar-refractivity contribution is 9.10. The predicted molar refractivity (Wildman–Crippen MR) is 138 cm³/mol. The van der Waals surface area contributed by atoms with E-state index in [4.69, 9.17) is 9.47 Å². The first-order valence-electron chi connectivity index (χ1n) is 11.8. The van der Waals surface area contributed by atoms with Gasteiger partial charge in [-0.05, 0) is 56.2 Å².